The van der Waals surface area contributed by atoms with Gasteiger partial charge < -0.3 is 20.7 Å². The summed E-state index contributed by atoms with van der Waals surface area (Å²) >= 11 is 0. The van der Waals surface area contributed by atoms with Crippen LogP contribution in [0, 0.1) is 0 Å². The van der Waals surface area contributed by atoms with Crippen LogP contribution in [0.5, 0.6) is 0 Å². The van der Waals surface area contributed by atoms with E-state index in [-0.39, 0.29) is 18.4 Å². The predicted octanol–water partition coefficient (Wildman–Crippen LogP) is 2.90. The first-order chi connectivity index (χ1) is 14.5. The third-order valence-electron chi connectivity index (χ3n) is 4.41. The van der Waals surface area contributed by atoms with Gasteiger partial charge in [-0.05, 0) is 30.4 Å². The lowest BCUT2D eigenvalue weighted by molar-refractivity contribution is -0.128. The summed E-state index contributed by atoms with van der Waals surface area (Å²) in [5.41, 5.74) is 1.91. The highest BCUT2D eigenvalue weighted by molar-refractivity contribution is 5.86. The summed E-state index contributed by atoms with van der Waals surface area (Å²) in [6.45, 7) is 2.46. The Morgan fingerprint density at radius 3 is 2.13 bits per heavy atom. The van der Waals surface area contributed by atoms with Gasteiger partial charge >= 0.3 is 6.09 Å². The number of hydrogen-bond acceptors (Lipinski definition) is 4. The smallest absolute Gasteiger partial charge is 0.407 e. The molecule has 0 spiro atoms. The molecule has 0 radical (unpaired) electrons. The second kappa shape index (κ2) is 13.0. The van der Waals surface area contributed by atoms with E-state index in [1.54, 1.807) is 0 Å². The number of unbranched alkanes of at least 4 members (excludes halogenated alkanes) is 1. The van der Waals surface area contributed by atoms with Crippen LogP contribution in [0.2, 0.25) is 0 Å². The van der Waals surface area contributed by atoms with Crippen molar-refractivity contribution in [3.63, 3.8) is 0 Å². The number of alkyl carbamates (subject to hydrolysis) is 1. The highest BCUT2D eigenvalue weighted by atomic mass is 16.5. The molecule has 7 heteroatoms. The third-order valence-corrected chi connectivity index (χ3v) is 4.41. The van der Waals surface area contributed by atoms with E-state index in [4.69, 9.17) is 4.74 Å². The van der Waals surface area contributed by atoms with Gasteiger partial charge in [0.15, 0.2) is 0 Å². The van der Waals surface area contributed by atoms with Crippen molar-refractivity contribution in [2.45, 2.75) is 45.4 Å². The Bertz CT molecular complexity index is 797. The van der Waals surface area contributed by atoms with Gasteiger partial charge in [0, 0.05) is 20.0 Å². The summed E-state index contributed by atoms with van der Waals surface area (Å²) in [5.74, 6) is -0.471. The van der Waals surface area contributed by atoms with E-state index in [0.29, 0.717) is 32.4 Å². The molecular weight excluding hydrogens is 382 g/mol. The fourth-order valence-corrected chi connectivity index (χ4v) is 2.86. The van der Waals surface area contributed by atoms with E-state index in [1.807, 2.05) is 60.7 Å². The zero-order valence-corrected chi connectivity index (χ0v) is 17.2. The van der Waals surface area contributed by atoms with Crippen LogP contribution in [0.15, 0.2) is 60.7 Å². The number of carbonyl (C=O) groups is 3. The van der Waals surface area contributed by atoms with Gasteiger partial charge in [0.25, 0.3) is 0 Å². The Balaban J connectivity index is 1.65. The molecule has 0 bridgehead atoms. The molecule has 2 rings (SSSR count). The molecule has 7 nitrogen and oxygen atoms in total. The Labute approximate surface area is 177 Å². The maximum Gasteiger partial charge on any atom is 0.407 e. The molecule has 3 amide bonds. The first-order valence-corrected chi connectivity index (χ1v) is 10.1. The van der Waals surface area contributed by atoms with Gasteiger partial charge in [0.1, 0.15) is 12.6 Å². The second-order valence-corrected chi connectivity index (χ2v) is 6.94. The number of hydrogen-bond donors (Lipinski definition) is 3. The number of ether oxygens (including phenoxy) is 1. The summed E-state index contributed by atoms with van der Waals surface area (Å²) in [6, 6.07) is 18.4. The molecule has 0 aliphatic heterocycles. The molecule has 0 fully saturated rings. The fourth-order valence-electron chi connectivity index (χ4n) is 2.86. The largest absolute Gasteiger partial charge is 0.445 e. The van der Waals surface area contributed by atoms with Gasteiger partial charge in [-0.1, -0.05) is 60.7 Å². The van der Waals surface area contributed by atoms with Crippen molar-refractivity contribution in [2.75, 3.05) is 6.54 Å². The lowest BCUT2D eigenvalue weighted by Crippen LogP contribution is -2.45. The Morgan fingerprint density at radius 1 is 0.867 bits per heavy atom. The minimum atomic E-state index is -0.601. The standard InChI is InChI=1S/C23H29N3O4/c1-18(27)26-21(22(28)25-16-19-10-4-2-5-11-19)14-8-9-15-24-23(29)30-17-20-12-6-3-7-13-20/h2-7,10-13,21H,8-9,14-17H2,1H3,(H,24,29)(H,25,28)(H,26,27)/t21-/m0/s1. The lowest BCUT2D eigenvalue weighted by Gasteiger charge is -2.17. The highest BCUT2D eigenvalue weighted by Gasteiger charge is 2.18. The summed E-state index contributed by atoms with van der Waals surface area (Å²) in [6.07, 6.45) is 1.35. The Morgan fingerprint density at radius 2 is 1.50 bits per heavy atom. The first kappa shape index (κ1) is 22.9. The molecular formula is C23H29N3O4. The average molecular weight is 412 g/mol. The van der Waals surface area contributed by atoms with Gasteiger partial charge in [-0.15, -0.1) is 0 Å². The molecule has 2 aromatic rings. The monoisotopic (exact) mass is 411 g/mol. The zero-order valence-electron chi connectivity index (χ0n) is 17.2. The van der Waals surface area contributed by atoms with E-state index in [1.165, 1.54) is 6.92 Å². The highest BCUT2D eigenvalue weighted by Crippen LogP contribution is 2.04. The van der Waals surface area contributed by atoms with Gasteiger partial charge in [-0.2, -0.15) is 0 Å². The van der Waals surface area contributed by atoms with Gasteiger partial charge in [-0.3, -0.25) is 9.59 Å². The van der Waals surface area contributed by atoms with Crippen molar-refractivity contribution in [1.29, 1.82) is 0 Å². The van der Waals surface area contributed by atoms with Crippen LogP contribution in [0.1, 0.15) is 37.3 Å². The van der Waals surface area contributed by atoms with Crippen LogP contribution in [0.25, 0.3) is 0 Å². The van der Waals surface area contributed by atoms with Gasteiger partial charge in [-0.25, -0.2) is 4.79 Å². The molecule has 0 saturated carbocycles. The van der Waals surface area contributed by atoms with E-state index in [2.05, 4.69) is 16.0 Å². The molecule has 30 heavy (non-hydrogen) atoms. The SMILES string of the molecule is CC(=O)N[C@@H](CCCCNC(=O)OCc1ccccc1)C(=O)NCc1ccccc1. The number of rotatable bonds is 11. The number of benzene rings is 2. The zero-order chi connectivity index (χ0) is 21.6. The summed E-state index contributed by atoms with van der Waals surface area (Å²) in [4.78, 5) is 35.6. The minimum Gasteiger partial charge on any atom is -0.445 e. The molecule has 1 atom stereocenters. The van der Waals surface area contributed by atoms with E-state index >= 15 is 0 Å². The average Bonchev–Trinajstić information content (AvgIpc) is 2.76. The van der Waals surface area contributed by atoms with Crippen LogP contribution in [0.3, 0.4) is 0 Å². The van der Waals surface area contributed by atoms with E-state index in [0.717, 1.165) is 11.1 Å². The van der Waals surface area contributed by atoms with Crippen molar-refractivity contribution in [3.8, 4) is 0 Å². The summed E-state index contributed by atoms with van der Waals surface area (Å²) < 4.78 is 5.15. The van der Waals surface area contributed by atoms with Crippen LogP contribution < -0.4 is 16.0 Å². The lowest BCUT2D eigenvalue weighted by atomic mass is 10.1. The van der Waals surface area contributed by atoms with Gasteiger partial charge in [0.2, 0.25) is 11.8 Å². The van der Waals surface area contributed by atoms with Crippen LogP contribution in [0.4, 0.5) is 4.79 Å². The normalized spacial score (nSPS) is 11.2. The number of carbonyl (C=O) groups excluding carboxylic acids is 3. The summed E-state index contributed by atoms with van der Waals surface area (Å²) in [5, 5.41) is 8.24. The molecule has 0 aliphatic rings. The molecule has 3 N–H and O–H groups in total. The fraction of sp³-hybridized carbons (Fsp3) is 0.348. The third kappa shape index (κ3) is 9.23. The minimum absolute atomic E-state index is 0.218. The molecule has 160 valence electrons. The number of amides is 3. The van der Waals surface area contributed by atoms with Crippen LogP contribution in [-0.2, 0) is 27.5 Å². The number of nitrogens with one attached hydrogen (secondary N) is 3. The van der Waals surface area contributed by atoms with Crippen LogP contribution >= 0.6 is 0 Å². The van der Waals surface area contributed by atoms with E-state index in [9.17, 15) is 14.4 Å². The van der Waals surface area contributed by atoms with Crippen LogP contribution in [-0.4, -0.2) is 30.5 Å². The van der Waals surface area contributed by atoms with Crippen molar-refractivity contribution >= 4 is 17.9 Å². The topological polar surface area (TPSA) is 96.5 Å². The van der Waals surface area contributed by atoms with E-state index < -0.39 is 12.1 Å². The molecule has 0 heterocycles. The van der Waals surface area contributed by atoms with Crippen molar-refractivity contribution in [1.82, 2.24) is 16.0 Å². The Hall–Kier alpha value is -3.35. The summed E-state index contributed by atoms with van der Waals surface area (Å²) in [7, 11) is 0. The molecule has 0 aromatic heterocycles. The second-order valence-electron chi connectivity index (χ2n) is 6.94. The quantitative estimate of drug-likeness (QED) is 0.495. The molecule has 0 saturated heterocycles. The molecule has 0 unspecified atom stereocenters. The predicted molar refractivity (Wildman–Crippen MR) is 114 cm³/mol. The van der Waals surface area contributed by atoms with Crippen molar-refractivity contribution in [3.05, 3.63) is 71.8 Å². The maximum absolute atomic E-state index is 12.4. The first-order valence-electron chi connectivity index (χ1n) is 10.1. The van der Waals surface area contributed by atoms with Crippen molar-refractivity contribution in [2.24, 2.45) is 0 Å². The maximum atomic E-state index is 12.4. The molecule has 2 aromatic carbocycles. The molecule has 0 aliphatic carbocycles. The Kier molecular flexibility index (Phi) is 9.92. The van der Waals surface area contributed by atoms with Gasteiger partial charge in [0.05, 0.1) is 0 Å². The van der Waals surface area contributed by atoms with Crippen molar-refractivity contribution < 1.29 is 19.1 Å².